The fourth-order valence-electron chi connectivity index (χ4n) is 1.87. The van der Waals surface area contributed by atoms with E-state index in [0.717, 1.165) is 11.1 Å². The number of hydrogen-bond acceptors (Lipinski definition) is 2. The van der Waals surface area contributed by atoms with Crippen LogP contribution in [0.15, 0.2) is 36.4 Å². The molecule has 19 heavy (non-hydrogen) atoms. The summed E-state index contributed by atoms with van der Waals surface area (Å²) in [5.41, 5.74) is 4.35. The highest BCUT2D eigenvalue weighted by atomic mass is 35.5. The van der Waals surface area contributed by atoms with Crippen LogP contribution in [0, 0.1) is 13.8 Å². The Morgan fingerprint density at radius 1 is 1.11 bits per heavy atom. The summed E-state index contributed by atoms with van der Waals surface area (Å²) >= 11 is 6.11. The molecule has 1 N–H and O–H groups in total. The third kappa shape index (κ3) is 3.49. The zero-order chi connectivity index (χ0) is 13.8. The Balaban J connectivity index is 2.12. The van der Waals surface area contributed by atoms with E-state index in [1.54, 1.807) is 12.1 Å². The van der Waals surface area contributed by atoms with Crippen LogP contribution in [-0.4, -0.2) is 5.11 Å². The van der Waals surface area contributed by atoms with Gasteiger partial charge in [-0.2, -0.15) is 0 Å². The molecule has 100 valence electrons. The van der Waals surface area contributed by atoms with Crippen molar-refractivity contribution in [2.24, 2.45) is 0 Å². The molecule has 0 fully saturated rings. The molecule has 2 aromatic carbocycles. The van der Waals surface area contributed by atoms with Crippen LogP contribution in [0.1, 0.15) is 22.3 Å². The summed E-state index contributed by atoms with van der Waals surface area (Å²) in [6.45, 7) is 4.60. The van der Waals surface area contributed by atoms with E-state index in [2.05, 4.69) is 32.0 Å². The number of rotatable bonds is 4. The first-order valence-corrected chi connectivity index (χ1v) is 6.56. The van der Waals surface area contributed by atoms with Gasteiger partial charge >= 0.3 is 0 Å². The van der Waals surface area contributed by atoms with Gasteiger partial charge in [-0.25, -0.2) is 0 Å². The van der Waals surface area contributed by atoms with Crippen molar-refractivity contribution >= 4 is 11.6 Å². The van der Waals surface area contributed by atoms with E-state index in [-0.39, 0.29) is 6.61 Å². The Kier molecular flexibility index (Phi) is 4.46. The van der Waals surface area contributed by atoms with E-state index in [1.165, 1.54) is 11.1 Å². The Hall–Kier alpha value is -1.51. The average molecular weight is 277 g/mol. The maximum Gasteiger partial charge on any atom is 0.138 e. The van der Waals surface area contributed by atoms with Gasteiger partial charge in [-0.05, 0) is 42.7 Å². The van der Waals surface area contributed by atoms with Crippen molar-refractivity contribution in [2.45, 2.75) is 27.1 Å². The molecule has 0 aliphatic heterocycles. The van der Waals surface area contributed by atoms with E-state index in [4.69, 9.17) is 21.4 Å². The molecule has 0 aliphatic carbocycles. The highest BCUT2D eigenvalue weighted by molar-refractivity contribution is 6.32. The Morgan fingerprint density at radius 2 is 1.89 bits per heavy atom. The van der Waals surface area contributed by atoms with Crippen molar-refractivity contribution < 1.29 is 9.84 Å². The lowest BCUT2D eigenvalue weighted by molar-refractivity contribution is 0.280. The van der Waals surface area contributed by atoms with Crippen LogP contribution in [0.5, 0.6) is 5.75 Å². The van der Waals surface area contributed by atoms with E-state index in [1.807, 2.05) is 6.07 Å². The SMILES string of the molecule is Cc1ccc(C)c(COc2ccc(CO)cc2Cl)c1. The number of hydrogen-bond donors (Lipinski definition) is 1. The van der Waals surface area contributed by atoms with Crippen LogP contribution in [0.4, 0.5) is 0 Å². The molecule has 0 radical (unpaired) electrons. The monoisotopic (exact) mass is 276 g/mol. The van der Waals surface area contributed by atoms with Gasteiger partial charge in [0.15, 0.2) is 0 Å². The highest BCUT2D eigenvalue weighted by Gasteiger charge is 2.05. The quantitative estimate of drug-likeness (QED) is 0.914. The van der Waals surface area contributed by atoms with E-state index >= 15 is 0 Å². The number of aryl methyl sites for hydroxylation is 2. The summed E-state index contributed by atoms with van der Waals surface area (Å²) < 4.78 is 5.74. The number of ether oxygens (including phenoxy) is 1. The number of benzene rings is 2. The molecule has 2 aromatic rings. The average Bonchev–Trinajstić information content (AvgIpc) is 2.40. The van der Waals surface area contributed by atoms with Gasteiger partial charge in [0, 0.05) is 0 Å². The van der Waals surface area contributed by atoms with Crippen molar-refractivity contribution in [1.82, 2.24) is 0 Å². The Morgan fingerprint density at radius 3 is 2.58 bits per heavy atom. The first-order valence-electron chi connectivity index (χ1n) is 6.18. The first kappa shape index (κ1) is 13.9. The molecule has 0 aromatic heterocycles. The molecular formula is C16H17ClO2. The molecule has 3 heteroatoms. The zero-order valence-electron chi connectivity index (χ0n) is 11.1. The minimum atomic E-state index is -0.0169. The lowest BCUT2D eigenvalue weighted by atomic mass is 10.1. The maximum absolute atomic E-state index is 9.03. The molecular weight excluding hydrogens is 260 g/mol. The third-order valence-electron chi connectivity index (χ3n) is 3.07. The first-order chi connectivity index (χ1) is 9.10. The molecule has 2 nitrogen and oxygen atoms in total. The summed E-state index contributed by atoms with van der Waals surface area (Å²) in [6, 6.07) is 11.6. The van der Waals surface area contributed by atoms with Gasteiger partial charge in [0.25, 0.3) is 0 Å². The number of aliphatic hydroxyl groups is 1. The van der Waals surface area contributed by atoms with Crippen LogP contribution in [0.25, 0.3) is 0 Å². The largest absolute Gasteiger partial charge is 0.487 e. The van der Waals surface area contributed by atoms with Gasteiger partial charge in [-0.1, -0.05) is 41.4 Å². The fraction of sp³-hybridized carbons (Fsp3) is 0.250. The normalized spacial score (nSPS) is 10.5. The van der Waals surface area contributed by atoms with Crippen molar-refractivity contribution in [1.29, 1.82) is 0 Å². The molecule has 0 heterocycles. The smallest absolute Gasteiger partial charge is 0.138 e. The summed E-state index contributed by atoms with van der Waals surface area (Å²) in [5.74, 6) is 0.639. The zero-order valence-corrected chi connectivity index (χ0v) is 11.9. The highest BCUT2D eigenvalue weighted by Crippen LogP contribution is 2.26. The van der Waals surface area contributed by atoms with Gasteiger partial charge < -0.3 is 9.84 Å². The Bertz CT molecular complexity index is 579. The van der Waals surface area contributed by atoms with Gasteiger partial charge in [-0.3, -0.25) is 0 Å². The second-order valence-corrected chi connectivity index (χ2v) is 5.05. The lowest BCUT2D eigenvalue weighted by Gasteiger charge is -2.11. The van der Waals surface area contributed by atoms with Gasteiger partial charge in [-0.15, -0.1) is 0 Å². The van der Waals surface area contributed by atoms with Gasteiger partial charge in [0.2, 0.25) is 0 Å². The predicted molar refractivity (Wildman–Crippen MR) is 77.6 cm³/mol. The van der Waals surface area contributed by atoms with Crippen molar-refractivity contribution in [3.05, 3.63) is 63.7 Å². The summed E-state index contributed by atoms with van der Waals surface area (Å²) in [5, 5.41) is 9.55. The summed E-state index contributed by atoms with van der Waals surface area (Å²) in [6.07, 6.45) is 0. The molecule has 0 aliphatic rings. The van der Waals surface area contributed by atoms with Crippen molar-refractivity contribution in [2.75, 3.05) is 0 Å². The molecule has 0 bridgehead atoms. The van der Waals surface area contributed by atoms with Crippen molar-refractivity contribution in [3.8, 4) is 5.75 Å². The number of aliphatic hydroxyl groups excluding tert-OH is 1. The van der Waals surface area contributed by atoms with E-state index in [0.29, 0.717) is 17.4 Å². The fourth-order valence-corrected chi connectivity index (χ4v) is 2.13. The summed E-state index contributed by atoms with van der Waals surface area (Å²) in [4.78, 5) is 0. The number of halogens is 1. The van der Waals surface area contributed by atoms with Gasteiger partial charge in [0.1, 0.15) is 12.4 Å². The van der Waals surface area contributed by atoms with E-state index in [9.17, 15) is 0 Å². The Labute approximate surface area is 118 Å². The second kappa shape index (κ2) is 6.09. The molecule has 0 saturated carbocycles. The predicted octanol–water partition coefficient (Wildman–Crippen LogP) is 4.03. The van der Waals surface area contributed by atoms with Crippen LogP contribution in [0.3, 0.4) is 0 Å². The molecule has 0 spiro atoms. The standard InChI is InChI=1S/C16H17ClO2/c1-11-3-4-12(2)14(7-11)10-19-16-6-5-13(9-18)8-15(16)17/h3-8,18H,9-10H2,1-2H3. The molecule has 0 amide bonds. The minimum Gasteiger partial charge on any atom is -0.487 e. The maximum atomic E-state index is 9.03. The van der Waals surface area contributed by atoms with Crippen LogP contribution in [0.2, 0.25) is 5.02 Å². The van der Waals surface area contributed by atoms with Crippen LogP contribution < -0.4 is 4.74 Å². The van der Waals surface area contributed by atoms with Crippen molar-refractivity contribution in [3.63, 3.8) is 0 Å². The van der Waals surface area contributed by atoms with Crippen LogP contribution >= 0.6 is 11.6 Å². The molecule has 0 atom stereocenters. The molecule has 0 unspecified atom stereocenters. The second-order valence-electron chi connectivity index (χ2n) is 4.64. The summed E-state index contributed by atoms with van der Waals surface area (Å²) in [7, 11) is 0. The lowest BCUT2D eigenvalue weighted by Crippen LogP contribution is -1.99. The topological polar surface area (TPSA) is 29.5 Å². The van der Waals surface area contributed by atoms with E-state index < -0.39 is 0 Å². The minimum absolute atomic E-state index is 0.0169. The van der Waals surface area contributed by atoms with Crippen LogP contribution in [-0.2, 0) is 13.2 Å². The molecule has 0 saturated heterocycles. The van der Waals surface area contributed by atoms with Gasteiger partial charge in [0.05, 0.1) is 11.6 Å². The molecule has 2 rings (SSSR count). The third-order valence-corrected chi connectivity index (χ3v) is 3.36.